The first kappa shape index (κ1) is 7.31. The molecule has 0 amide bonds. The number of rotatable bonds is 1. The van der Waals surface area contributed by atoms with E-state index < -0.39 is 7.12 Å². The van der Waals surface area contributed by atoms with Crippen LogP contribution in [0.1, 0.15) is 0 Å². The number of hydrogen-bond donors (Lipinski definition) is 2. The average Bonchev–Trinajstić information content (AvgIpc) is 1.88. The lowest BCUT2D eigenvalue weighted by Crippen LogP contribution is -2.20. The van der Waals surface area contributed by atoms with Gasteiger partial charge in [-0.1, -0.05) is 36.5 Å². The molecule has 1 aliphatic carbocycles. The van der Waals surface area contributed by atoms with E-state index in [0.717, 1.165) is 5.57 Å². The molecule has 1 aliphatic rings. The maximum atomic E-state index is 8.76. The van der Waals surface area contributed by atoms with Crippen LogP contribution in [0.4, 0.5) is 0 Å². The van der Waals surface area contributed by atoms with Crippen molar-refractivity contribution >= 4 is 7.12 Å². The van der Waals surface area contributed by atoms with E-state index in [1.165, 1.54) is 0 Å². The molecule has 10 heavy (non-hydrogen) atoms. The Morgan fingerprint density at radius 3 is 2.50 bits per heavy atom. The highest BCUT2D eigenvalue weighted by molar-refractivity contribution is 6.45. The van der Waals surface area contributed by atoms with Gasteiger partial charge in [0.05, 0.1) is 0 Å². The number of hydrogen-bond acceptors (Lipinski definition) is 2. The standard InChI is InChI=1S/C7H9BO2/c1-6-4-2-3-5-7(6)8(9)10/h2-5,7,9-10H,1H2. The van der Waals surface area contributed by atoms with Crippen molar-refractivity contribution in [2.75, 3.05) is 0 Å². The van der Waals surface area contributed by atoms with Crippen LogP contribution < -0.4 is 0 Å². The Labute approximate surface area is 60.3 Å². The van der Waals surface area contributed by atoms with E-state index >= 15 is 0 Å². The molecular formula is C7H9BO2. The Kier molecular flexibility index (Phi) is 2.09. The summed E-state index contributed by atoms with van der Waals surface area (Å²) in [4.78, 5) is 0. The lowest BCUT2D eigenvalue weighted by molar-refractivity contribution is 0.401. The minimum absolute atomic E-state index is 0.329. The van der Waals surface area contributed by atoms with E-state index in [1.807, 2.05) is 6.08 Å². The molecule has 0 aromatic heterocycles. The van der Waals surface area contributed by atoms with Crippen LogP contribution in [0.15, 0.2) is 36.5 Å². The maximum absolute atomic E-state index is 8.76. The summed E-state index contributed by atoms with van der Waals surface area (Å²) >= 11 is 0. The first-order valence-corrected chi connectivity index (χ1v) is 3.11. The molecule has 0 aromatic rings. The lowest BCUT2D eigenvalue weighted by atomic mass is 9.67. The van der Waals surface area contributed by atoms with Crippen molar-refractivity contribution in [1.82, 2.24) is 0 Å². The van der Waals surface area contributed by atoms with Gasteiger partial charge < -0.3 is 10.0 Å². The predicted octanol–water partition coefficient (Wildman–Crippen LogP) is 0.512. The largest absolute Gasteiger partial charge is 0.463 e. The van der Waals surface area contributed by atoms with Crippen LogP contribution >= 0.6 is 0 Å². The zero-order chi connectivity index (χ0) is 7.56. The third kappa shape index (κ3) is 1.37. The van der Waals surface area contributed by atoms with Crippen LogP contribution in [0, 0.1) is 0 Å². The molecular weight excluding hydrogens is 127 g/mol. The van der Waals surface area contributed by atoms with Crippen LogP contribution in [-0.4, -0.2) is 17.2 Å². The second-order valence-electron chi connectivity index (χ2n) is 2.26. The highest BCUT2D eigenvalue weighted by Crippen LogP contribution is 2.23. The fraction of sp³-hybridized carbons (Fsp3) is 0.143. The first-order chi connectivity index (χ1) is 4.72. The van der Waals surface area contributed by atoms with Crippen molar-refractivity contribution in [3.8, 4) is 0 Å². The monoisotopic (exact) mass is 136 g/mol. The van der Waals surface area contributed by atoms with Gasteiger partial charge in [0.1, 0.15) is 0 Å². The molecule has 1 atom stereocenters. The molecule has 0 heterocycles. The highest BCUT2D eigenvalue weighted by atomic mass is 16.4. The molecule has 0 aromatic carbocycles. The summed E-state index contributed by atoms with van der Waals surface area (Å²) in [7, 11) is -1.33. The quantitative estimate of drug-likeness (QED) is 0.515. The topological polar surface area (TPSA) is 40.5 Å². The van der Waals surface area contributed by atoms with Crippen molar-refractivity contribution in [1.29, 1.82) is 0 Å². The minimum Gasteiger partial charge on any atom is -0.426 e. The number of allylic oxidation sites excluding steroid dienone is 5. The third-order valence-corrected chi connectivity index (χ3v) is 1.49. The molecule has 0 fully saturated rings. The second kappa shape index (κ2) is 2.86. The van der Waals surface area contributed by atoms with Crippen molar-refractivity contribution in [3.63, 3.8) is 0 Å². The van der Waals surface area contributed by atoms with Crippen LogP contribution in [0.5, 0.6) is 0 Å². The molecule has 52 valence electrons. The Morgan fingerprint density at radius 2 is 2.10 bits per heavy atom. The third-order valence-electron chi connectivity index (χ3n) is 1.49. The molecule has 1 rings (SSSR count). The molecule has 0 aliphatic heterocycles. The fourth-order valence-electron chi connectivity index (χ4n) is 0.889. The van der Waals surface area contributed by atoms with Crippen molar-refractivity contribution in [2.24, 2.45) is 0 Å². The summed E-state index contributed by atoms with van der Waals surface area (Å²) in [6, 6.07) is 0. The molecule has 2 N–H and O–H groups in total. The zero-order valence-electron chi connectivity index (χ0n) is 5.57. The van der Waals surface area contributed by atoms with Crippen molar-refractivity contribution in [3.05, 3.63) is 36.5 Å². The van der Waals surface area contributed by atoms with Gasteiger partial charge in [0.25, 0.3) is 0 Å². The minimum atomic E-state index is -1.33. The van der Waals surface area contributed by atoms with Gasteiger partial charge in [-0.15, -0.1) is 0 Å². The van der Waals surface area contributed by atoms with E-state index in [-0.39, 0.29) is 5.82 Å². The second-order valence-corrected chi connectivity index (χ2v) is 2.26. The maximum Gasteiger partial charge on any atom is 0.463 e. The molecule has 1 unspecified atom stereocenters. The molecule has 2 nitrogen and oxygen atoms in total. The summed E-state index contributed by atoms with van der Waals surface area (Å²) in [5.74, 6) is -0.329. The van der Waals surface area contributed by atoms with Gasteiger partial charge in [0.15, 0.2) is 0 Å². The Hall–Kier alpha value is -0.795. The normalized spacial score (nSPS) is 23.4. The summed E-state index contributed by atoms with van der Waals surface area (Å²) in [5.41, 5.74) is 0.734. The predicted molar refractivity (Wildman–Crippen MR) is 41.4 cm³/mol. The average molecular weight is 136 g/mol. The zero-order valence-corrected chi connectivity index (χ0v) is 5.57. The van der Waals surface area contributed by atoms with Crippen LogP contribution in [-0.2, 0) is 0 Å². The van der Waals surface area contributed by atoms with Crippen LogP contribution in [0.25, 0.3) is 0 Å². The van der Waals surface area contributed by atoms with E-state index in [4.69, 9.17) is 10.0 Å². The van der Waals surface area contributed by atoms with Crippen molar-refractivity contribution < 1.29 is 10.0 Å². The fourth-order valence-corrected chi connectivity index (χ4v) is 0.889. The van der Waals surface area contributed by atoms with Gasteiger partial charge >= 0.3 is 7.12 Å². The van der Waals surface area contributed by atoms with Gasteiger partial charge in [-0.05, 0) is 0 Å². The summed E-state index contributed by atoms with van der Waals surface area (Å²) in [5, 5.41) is 17.5. The molecule has 0 saturated carbocycles. The summed E-state index contributed by atoms with van der Waals surface area (Å²) < 4.78 is 0. The van der Waals surface area contributed by atoms with Crippen molar-refractivity contribution in [2.45, 2.75) is 5.82 Å². The van der Waals surface area contributed by atoms with Gasteiger partial charge in [-0.25, -0.2) is 0 Å². The Morgan fingerprint density at radius 1 is 1.40 bits per heavy atom. The molecule has 3 heteroatoms. The van der Waals surface area contributed by atoms with Gasteiger partial charge in [0.2, 0.25) is 0 Å². The Bertz CT molecular complexity index is 194. The van der Waals surface area contributed by atoms with E-state index in [1.54, 1.807) is 18.2 Å². The molecule has 0 saturated heterocycles. The SMILES string of the molecule is C=C1C=CC=CC1B(O)O. The van der Waals surface area contributed by atoms with Gasteiger partial charge in [-0.3, -0.25) is 0 Å². The van der Waals surface area contributed by atoms with E-state index in [2.05, 4.69) is 6.58 Å². The van der Waals surface area contributed by atoms with E-state index in [0.29, 0.717) is 0 Å². The van der Waals surface area contributed by atoms with E-state index in [9.17, 15) is 0 Å². The Balaban J connectivity index is 2.70. The molecule has 0 spiro atoms. The van der Waals surface area contributed by atoms with Gasteiger partial charge in [-0.2, -0.15) is 0 Å². The smallest absolute Gasteiger partial charge is 0.426 e. The highest BCUT2D eigenvalue weighted by Gasteiger charge is 2.22. The van der Waals surface area contributed by atoms with Crippen LogP contribution in [0.2, 0.25) is 5.82 Å². The molecule has 0 bridgehead atoms. The first-order valence-electron chi connectivity index (χ1n) is 3.11. The van der Waals surface area contributed by atoms with Gasteiger partial charge in [0, 0.05) is 5.82 Å². The summed E-state index contributed by atoms with van der Waals surface area (Å²) in [6.45, 7) is 3.66. The summed E-state index contributed by atoms with van der Waals surface area (Å²) in [6.07, 6.45) is 7.08. The molecule has 0 radical (unpaired) electrons. The van der Waals surface area contributed by atoms with Crippen LogP contribution in [0.3, 0.4) is 0 Å². The lowest BCUT2D eigenvalue weighted by Gasteiger charge is -2.13.